The first kappa shape index (κ1) is 25.6. The average molecular weight is 484 g/mol. The molecule has 0 saturated heterocycles. The van der Waals surface area contributed by atoms with Gasteiger partial charge < -0.3 is 10.1 Å². The molecule has 0 aliphatic carbocycles. The molecule has 2 aromatic rings. The first-order valence-corrected chi connectivity index (χ1v) is 13.1. The number of ether oxygens (including phenoxy) is 1. The fraction of sp³-hybridized carbons (Fsp3) is 0.381. The molecule has 0 bridgehead atoms. The molecule has 32 heavy (non-hydrogen) atoms. The van der Waals surface area contributed by atoms with E-state index in [1.54, 1.807) is 12.1 Å². The molecule has 0 atom stereocenters. The quantitative estimate of drug-likeness (QED) is 0.551. The zero-order valence-corrected chi connectivity index (χ0v) is 20.4. The average Bonchev–Trinajstić information content (AvgIpc) is 2.70. The van der Waals surface area contributed by atoms with Gasteiger partial charge in [0.05, 0.1) is 22.9 Å². The van der Waals surface area contributed by atoms with E-state index in [0.29, 0.717) is 0 Å². The summed E-state index contributed by atoms with van der Waals surface area (Å²) in [6, 6.07) is 12.6. The number of carbonyl (C=O) groups excluding carboxylic acids is 1. The van der Waals surface area contributed by atoms with E-state index in [1.807, 2.05) is 26.0 Å². The lowest BCUT2D eigenvalue weighted by Crippen LogP contribution is -2.40. The Morgan fingerprint density at radius 2 is 1.53 bits per heavy atom. The SMILES string of the molecule is CC(C)Oc1ccc(CNC(=O)CN(c2ccc(S(=O)(=O)N(C)C)cc2)S(C)(=O)=O)cc1. The van der Waals surface area contributed by atoms with Crippen LogP contribution >= 0.6 is 0 Å². The number of benzene rings is 2. The van der Waals surface area contributed by atoms with Crippen LogP contribution in [0.5, 0.6) is 5.75 Å². The van der Waals surface area contributed by atoms with Crippen LogP contribution in [0.25, 0.3) is 0 Å². The first-order chi connectivity index (χ1) is 14.8. The van der Waals surface area contributed by atoms with Gasteiger partial charge in [-0.25, -0.2) is 21.1 Å². The van der Waals surface area contributed by atoms with Gasteiger partial charge in [-0.2, -0.15) is 0 Å². The number of nitrogens with zero attached hydrogens (tertiary/aromatic N) is 2. The Bertz CT molecular complexity index is 1130. The number of nitrogens with one attached hydrogen (secondary N) is 1. The number of anilines is 1. The summed E-state index contributed by atoms with van der Waals surface area (Å²) in [6.07, 6.45) is 1.04. The van der Waals surface area contributed by atoms with Gasteiger partial charge in [-0.05, 0) is 55.8 Å². The summed E-state index contributed by atoms with van der Waals surface area (Å²) in [4.78, 5) is 12.5. The molecular formula is C21H29N3O6S2. The molecule has 9 nitrogen and oxygen atoms in total. The Hall–Kier alpha value is -2.63. The summed E-state index contributed by atoms with van der Waals surface area (Å²) in [7, 11) is -4.62. The minimum atomic E-state index is -3.78. The van der Waals surface area contributed by atoms with Gasteiger partial charge in [0.2, 0.25) is 26.0 Å². The number of amides is 1. The Kier molecular flexibility index (Phi) is 8.27. The number of rotatable bonds is 10. The molecule has 0 aliphatic rings. The van der Waals surface area contributed by atoms with Crippen LogP contribution in [-0.2, 0) is 31.4 Å². The number of carbonyl (C=O) groups is 1. The van der Waals surface area contributed by atoms with Crippen molar-refractivity contribution >= 4 is 31.6 Å². The van der Waals surface area contributed by atoms with Crippen LogP contribution in [0.4, 0.5) is 5.69 Å². The van der Waals surface area contributed by atoms with Crippen molar-refractivity contribution in [2.45, 2.75) is 31.4 Å². The smallest absolute Gasteiger partial charge is 0.242 e. The lowest BCUT2D eigenvalue weighted by molar-refractivity contribution is -0.119. The second-order valence-corrected chi connectivity index (χ2v) is 11.7. The maximum Gasteiger partial charge on any atom is 0.242 e. The molecule has 0 aromatic heterocycles. The molecule has 0 radical (unpaired) electrons. The van der Waals surface area contributed by atoms with Crippen LogP contribution in [0.3, 0.4) is 0 Å². The van der Waals surface area contributed by atoms with E-state index in [1.165, 1.54) is 38.4 Å². The third-order valence-corrected chi connectivity index (χ3v) is 7.35. The maximum atomic E-state index is 12.4. The highest BCUT2D eigenvalue weighted by Crippen LogP contribution is 2.21. The van der Waals surface area contributed by atoms with Crippen LogP contribution in [0.2, 0.25) is 0 Å². The van der Waals surface area contributed by atoms with Gasteiger partial charge in [-0.1, -0.05) is 12.1 Å². The summed E-state index contributed by atoms with van der Waals surface area (Å²) in [5, 5.41) is 2.69. The van der Waals surface area contributed by atoms with Crippen LogP contribution < -0.4 is 14.4 Å². The zero-order valence-electron chi connectivity index (χ0n) is 18.8. The molecule has 1 amide bonds. The van der Waals surface area contributed by atoms with Crippen molar-refractivity contribution < 1.29 is 26.4 Å². The van der Waals surface area contributed by atoms with Crippen molar-refractivity contribution in [3.05, 3.63) is 54.1 Å². The van der Waals surface area contributed by atoms with Crippen molar-refractivity contribution in [1.82, 2.24) is 9.62 Å². The Balaban J connectivity index is 2.09. The van der Waals surface area contributed by atoms with Crippen LogP contribution in [0, 0.1) is 0 Å². The summed E-state index contributed by atoms with van der Waals surface area (Å²) < 4.78 is 56.5. The maximum absolute atomic E-state index is 12.4. The lowest BCUT2D eigenvalue weighted by Gasteiger charge is -2.22. The molecule has 0 heterocycles. The zero-order chi connectivity index (χ0) is 24.1. The third-order valence-electron chi connectivity index (χ3n) is 4.38. The van der Waals surface area contributed by atoms with Crippen molar-refractivity contribution in [3.8, 4) is 5.75 Å². The van der Waals surface area contributed by atoms with Gasteiger partial charge in [-0.3, -0.25) is 9.10 Å². The Labute approximate surface area is 190 Å². The second-order valence-electron chi connectivity index (χ2n) is 7.64. The molecule has 2 rings (SSSR count). The van der Waals surface area contributed by atoms with Gasteiger partial charge in [0, 0.05) is 20.6 Å². The number of hydrogen-bond donors (Lipinski definition) is 1. The van der Waals surface area contributed by atoms with Crippen molar-refractivity contribution in [2.24, 2.45) is 0 Å². The van der Waals surface area contributed by atoms with E-state index in [-0.39, 0.29) is 23.2 Å². The lowest BCUT2D eigenvalue weighted by atomic mass is 10.2. The van der Waals surface area contributed by atoms with Crippen molar-refractivity contribution in [3.63, 3.8) is 0 Å². The summed E-state index contributed by atoms with van der Waals surface area (Å²) in [5.41, 5.74) is 1.02. The molecule has 1 N–H and O–H groups in total. The third kappa shape index (κ3) is 6.94. The van der Waals surface area contributed by atoms with Gasteiger partial charge in [-0.15, -0.1) is 0 Å². The molecule has 0 unspecified atom stereocenters. The number of hydrogen-bond acceptors (Lipinski definition) is 6. The summed E-state index contributed by atoms with van der Waals surface area (Å²) >= 11 is 0. The van der Waals surface area contributed by atoms with Gasteiger partial charge in [0.1, 0.15) is 12.3 Å². The summed E-state index contributed by atoms with van der Waals surface area (Å²) in [5.74, 6) is 0.223. The minimum absolute atomic E-state index is 0.0223. The molecular weight excluding hydrogens is 454 g/mol. The highest BCUT2D eigenvalue weighted by atomic mass is 32.2. The van der Waals surface area contributed by atoms with Crippen LogP contribution in [0.1, 0.15) is 19.4 Å². The fourth-order valence-electron chi connectivity index (χ4n) is 2.74. The Morgan fingerprint density at radius 3 is 2.00 bits per heavy atom. The molecule has 11 heteroatoms. The van der Waals surface area contributed by atoms with Crippen molar-refractivity contribution in [2.75, 3.05) is 31.2 Å². The minimum Gasteiger partial charge on any atom is -0.491 e. The largest absolute Gasteiger partial charge is 0.491 e. The monoisotopic (exact) mass is 483 g/mol. The van der Waals surface area contributed by atoms with E-state index in [0.717, 1.165) is 26.2 Å². The highest BCUT2D eigenvalue weighted by Gasteiger charge is 2.22. The van der Waals surface area contributed by atoms with E-state index >= 15 is 0 Å². The molecule has 2 aromatic carbocycles. The van der Waals surface area contributed by atoms with E-state index in [2.05, 4.69) is 5.32 Å². The normalized spacial score (nSPS) is 12.1. The van der Waals surface area contributed by atoms with Crippen molar-refractivity contribution in [1.29, 1.82) is 0 Å². The standard InChI is InChI=1S/C21H29N3O6S2/c1-16(2)30-19-10-6-17(7-11-19)14-22-21(25)15-24(31(5,26)27)18-8-12-20(13-9-18)32(28,29)23(3)4/h6-13,16H,14-15H2,1-5H3,(H,22,25). The van der Waals surface area contributed by atoms with E-state index < -0.39 is 32.5 Å². The second kappa shape index (κ2) is 10.3. The first-order valence-electron chi connectivity index (χ1n) is 9.83. The van der Waals surface area contributed by atoms with Gasteiger partial charge >= 0.3 is 0 Å². The van der Waals surface area contributed by atoms with E-state index in [4.69, 9.17) is 4.74 Å². The van der Waals surface area contributed by atoms with Gasteiger partial charge in [0.25, 0.3) is 0 Å². The molecule has 0 aliphatic heterocycles. The van der Waals surface area contributed by atoms with Crippen LogP contribution in [-0.4, -0.2) is 60.0 Å². The predicted molar refractivity (Wildman–Crippen MR) is 124 cm³/mol. The predicted octanol–water partition coefficient (Wildman–Crippen LogP) is 1.81. The fourth-order valence-corrected chi connectivity index (χ4v) is 4.50. The van der Waals surface area contributed by atoms with E-state index in [9.17, 15) is 21.6 Å². The topological polar surface area (TPSA) is 113 Å². The van der Waals surface area contributed by atoms with Crippen LogP contribution in [0.15, 0.2) is 53.4 Å². The molecule has 0 fully saturated rings. The number of sulfonamides is 2. The molecule has 0 saturated carbocycles. The highest BCUT2D eigenvalue weighted by molar-refractivity contribution is 7.92. The van der Waals surface area contributed by atoms with Gasteiger partial charge in [0.15, 0.2) is 0 Å². The Morgan fingerprint density at radius 1 is 0.969 bits per heavy atom. The summed E-state index contributed by atoms with van der Waals surface area (Å²) in [6.45, 7) is 3.64. The molecule has 0 spiro atoms. The molecule has 176 valence electrons.